The van der Waals surface area contributed by atoms with Crippen LogP contribution in [-0.2, 0) is 11.0 Å². The number of anilines is 1. The number of benzene rings is 1. The van der Waals surface area contributed by atoms with E-state index in [1.165, 1.54) is 6.07 Å². The van der Waals surface area contributed by atoms with Crippen LogP contribution in [0.3, 0.4) is 0 Å². The molecule has 0 bridgehead atoms. The van der Waals surface area contributed by atoms with Crippen LogP contribution in [0.4, 0.5) is 5.69 Å². The number of carboxylic acids is 1. The molecule has 1 aromatic carbocycles. The van der Waals surface area contributed by atoms with Gasteiger partial charge in [-0.2, -0.15) is 0 Å². The van der Waals surface area contributed by atoms with E-state index in [0.717, 1.165) is 4.47 Å². The largest absolute Gasteiger partial charge is 0.478 e. The van der Waals surface area contributed by atoms with Crippen LogP contribution in [0.2, 0.25) is 0 Å². The van der Waals surface area contributed by atoms with Crippen molar-refractivity contribution in [3.8, 4) is 0 Å². The Hall–Kier alpha value is -0.880. The molecule has 0 heterocycles. The van der Waals surface area contributed by atoms with Gasteiger partial charge in [0.2, 0.25) is 0 Å². The van der Waals surface area contributed by atoms with Gasteiger partial charge in [0.1, 0.15) is 11.0 Å². The number of carbonyl (C=O) groups is 1. The molecule has 2 N–H and O–H groups in total. The highest BCUT2D eigenvalue weighted by Crippen LogP contribution is 2.21. The molecule has 0 aliphatic rings. The van der Waals surface area contributed by atoms with E-state index in [2.05, 4.69) is 20.7 Å². The quantitative estimate of drug-likeness (QED) is 0.894. The van der Waals surface area contributed by atoms with E-state index in [-0.39, 0.29) is 5.56 Å². The van der Waals surface area contributed by atoms with E-state index in [4.69, 9.17) is 5.11 Å². The molecule has 0 amide bonds. The second-order valence-electron chi connectivity index (χ2n) is 2.73. The number of aromatic carboxylic acids is 1. The van der Waals surface area contributed by atoms with Crippen molar-refractivity contribution >= 4 is 38.6 Å². The number of hydrogen-bond donors (Lipinski definition) is 2. The molecule has 6 heteroatoms. The third-order valence-electron chi connectivity index (χ3n) is 1.70. The number of nitrogens with one attached hydrogen (secondary N) is 1. The zero-order chi connectivity index (χ0) is 11.4. The summed E-state index contributed by atoms with van der Waals surface area (Å²) in [5.41, 5.74) is 0.469. The summed E-state index contributed by atoms with van der Waals surface area (Å²) in [6.45, 7) is 1.75. The van der Waals surface area contributed by atoms with Crippen molar-refractivity contribution < 1.29 is 14.1 Å². The lowest BCUT2D eigenvalue weighted by molar-refractivity contribution is 0.0698. The molecule has 4 nitrogen and oxygen atoms in total. The average molecular weight is 292 g/mol. The van der Waals surface area contributed by atoms with E-state index in [9.17, 15) is 9.00 Å². The molecule has 0 fully saturated rings. The molecule has 15 heavy (non-hydrogen) atoms. The highest BCUT2D eigenvalue weighted by molar-refractivity contribution is 9.10. The molecule has 82 valence electrons. The number of halogens is 1. The maximum atomic E-state index is 11.3. The van der Waals surface area contributed by atoms with Gasteiger partial charge < -0.3 is 9.83 Å². The van der Waals surface area contributed by atoms with Crippen molar-refractivity contribution in [2.45, 2.75) is 6.92 Å². The van der Waals surface area contributed by atoms with Crippen LogP contribution in [0.1, 0.15) is 17.3 Å². The number of hydrogen-bond acceptors (Lipinski definition) is 2. The molecule has 1 aromatic rings. The fraction of sp³-hybridized carbons (Fsp3) is 0.222. The van der Waals surface area contributed by atoms with E-state index in [0.29, 0.717) is 11.4 Å². The summed E-state index contributed by atoms with van der Waals surface area (Å²) in [4.78, 5) is 10.8. The molecule has 0 radical (unpaired) electrons. The fourth-order valence-corrected chi connectivity index (χ4v) is 1.90. The van der Waals surface area contributed by atoms with Gasteiger partial charge in [0.05, 0.1) is 11.3 Å². The summed E-state index contributed by atoms with van der Waals surface area (Å²) in [5, 5.41) is 8.89. The van der Waals surface area contributed by atoms with Crippen LogP contribution in [0.25, 0.3) is 0 Å². The predicted molar refractivity (Wildman–Crippen MR) is 63.4 cm³/mol. The van der Waals surface area contributed by atoms with Gasteiger partial charge in [0.15, 0.2) is 0 Å². The normalized spacial score (nSPS) is 12.1. The van der Waals surface area contributed by atoms with Gasteiger partial charge in [-0.25, -0.2) is 9.00 Å². The van der Waals surface area contributed by atoms with Crippen LogP contribution < -0.4 is 4.72 Å². The molecule has 1 rings (SSSR count). The maximum Gasteiger partial charge on any atom is 0.337 e. The first-order valence-electron chi connectivity index (χ1n) is 4.22. The third kappa shape index (κ3) is 3.32. The van der Waals surface area contributed by atoms with Crippen LogP contribution in [0.15, 0.2) is 22.7 Å². The van der Waals surface area contributed by atoms with E-state index in [1.54, 1.807) is 19.1 Å². The van der Waals surface area contributed by atoms with Crippen molar-refractivity contribution in [1.29, 1.82) is 0 Å². The summed E-state index contributed by atoms with van der Waals surface area (Å²) in [6, 6.07) is 4.68. The minimum Gasteiger partial charge on any atom is -0.478 e. The second kappa shape index (κ2) is 5.27. The van der Waals surface area contributed by atoms with Gasteiger partial charge >= 0.3 is 5.97 Å². The van der Waals surface area contributed by atoms with Crippen LogP contribution in [-0.4, -0.2) is 21.0 Å². The summed E-state index contributed by atoms with van der Waals surface area (Å²) >= 11 is 3.23. The zero-order valence-electron chi connectivity index (χ0n) is 7.99. The Morgan fingerprint density at radius 1 is 1.60 bits per heavy atom. The van der Waals surface area contributed by atoms with Crippen LogP contribution in [0, 0.1) is 0 Å². The topological polar surface area (TPSA) is 66.4 Å². The molecule has 1 atom stereocenters. The Balaban J connectivity index is 3.07. The number of carboxylic acid groups (broad SMARTS) is 1. The molecule has 0 aliphatic heterocycles. The molecule has 0 saturated heterocycles. The van der Waals surface area contributed by atoms with Gasteiger partial charge in [0, 0.05) is 10.2 Å². The van der Waals surface area contributed by atoms with Crippen molar-refractivity contribution in [1.82, 2.24) is 0 Å². The van der Waals surface area contributed by atoms with Crippen molar-refractivity contribution in [2.24, 2.45) is 0 Å². The molecule has 0 spiro atoms. The second-order valence-corrected chi connectivity index (χ2v) is 5.12. The number of rotatable bonds is 4. The van der Waals surface area contributed by atoms with Crippen molar-refractivity contribution in [3.05, 3.63) is 28.2 Å². The molecule has 1 unspecified atom stereocenters. The first-order valence-corrected chi connectivity index (χ1v) is 6.33. The van der Waals surface area contributed by atoms with E-state index in [1.807, 2.05) is 0 Å². The summed E-state index contributed by atoms with van der Waals surface area (Å²) < 4.78 is 14.6. The maximum absolute atomic E-state index is 11.3. The highest BCUT2D eigenvalue weighted by Gasteiger charge is 2.11. The first-order chi connectivity index (χ1) is 7.04. The van der Waals surface area contributed by atoms with Gasteiger partial charge in [-0.05, 0) is 18.2 Å². The minimum atomic E-state index is -1.25. The minimum absolute atomic E-state index is 0.111. The average Bonchev–Trinajstić information content (AvgIpc) is 2.17. The van der Waals surface area contributed by atoms with Crippen LogP contribution in [0.5, 0.6) is 0 Å². The van der Waals surface area contributed by atoms with E-state index < -0.39 is 17.0 Å². The monoisotopic (exact) mass is 291 g/mol. The smallest absolute Gasteiger partial charge is 0.337 e. The lowest BCUT2D eigenvalue weighted by Gasteiger charge is -2.08. The molecule has 0 aromatic heterocycles. The van der Waals surface area contributed by atoms with Crippen molar-refractivity contribution in [2.75, 3.05) is 10.5 Å². The first kappa shape index (κ1) is 12.2. The van der Waals surface area contributed by atoms with Crippen molar-refractivity contribution in [3.63, 3.8) is 0 Å². The molecular formula is C9H10BrNO3S. The Morgan fingerprint density at radius 2 is 2.27 bits per heavy atom. The lowest BCUT2D eigenvalue weighted by atomic mass is 10.2. The molecule has 0 aliphatic carbocycles. The van der Waals surface area contributed by atoms with Gasteiger partial charge in [-0.15, -0.1) is 0 Å². The Labute approximate surface area is 98.4 Å². The summed E-state index contributed by atoms with van der Waals surface area (Å²) in [5.74, 6) is -0.621. The molecule has 0 saturated carbocycles. The van der Waals surface area contributed by atoms with Gasteiger partial charge in [-0.3, -0.25) is 0 Å². The standard InChI is InChI=1S/C9H10BrNO3S/c1-2-15(14)11-8-5-6(10)3-4-7(8)9(12)13/h3-5,11H,2H2,1H3,(H,12,13). The predicted octanol–water partition coefficient (Wildman–Crippen LogP) is 2.24. The third-order valence-corrected chi connectivity index (χ3v) is 3.16. The SMILES string of the molecule is CCS(=O)Nc1cc(Br)ccc1C(=O)O. The molecular weight excluding hydrogens is 282 g/mol. The summed E-state index contributed by atoms with van der Waals surface area (Å²) in [7, 11) is -1.25. The van der Waals surface area contributed by atoms with E-state index >= 15 is 0 Å². The zero-order valence-corrected chi connectivity index (χ0v) is 10.4. The Morgan fingerprint density at radius 3 is 2.80 bits per heavy atom. The lowest BCUT2D eigenvalue weighted by Crippen LogP contribution is -2.10. The van der Waals surface area contributed by atoms with Crippen LogP contribution >= 0.6 is 15.9 Å². The fourth-order valence-electron chi connectivity index (χ4n) is 0.982. The van der Waals surface area contributed by atoms with Gasteiger partial charge in [0.25, 0.3) is 0 Å². The highest BCUT2D eigenvalue weighted by atomic mass is 79.9. The summed E-state index contributed by atoms with van der Waals surface area (Å²) in [6.07, 6.45) is 0. The van der Waals surface area contributed by atoms with Gasteiger partial charge in [-0.1, -0.05) is 22.9 Å². The Bertz CT molecular complexity index is 408. The Kier molecular flexibility index (Phi) is 4.28.